The Morgan fingerprint density at radius 3 is 2.14 bits per heavy atom. The van der Waals surface area contributed by atoms with E-state index >= 15 is 0 Å². The Labute approximate surface area is 138 Å². The molecule has 2 fully saturated rings. The number of hydrogen-bond donors (Lipinski definition) is 1. The molecule has 1 aliphatic carbocycles. The number of nitrogens with zero attached hydrogens (tertiary/aromatic N) is 1. The third-order valence-electron chi connectivity index (χ3n) is 8.95. The molecule has 2 rings (SSSR count). The van der Waals surface area contributed by atoms with Crippen LogP contribution in [-0.4, -0.2) is 36.4 Å². The molecule has 128 valence electrons. The molecule has 0 bridgehead atoms. The number of piperidine rings is 1. The molecule has 1 aliphatic heterocycles. The zero-order chi connectivity index (χ0) is 17.1. The molecule has 1 N–H and O–H groups in total. The van der Waals surface area contributed by atoms with Gasteiger partial charge in [0.2, 0.25) is 0 Å². The van der Waals surface area contributed by atoms with Crippen molar-refractivity contribution >= 4 is 5.71 Å². The van der Waals surface area contributed by atoms with Gasteiger partial charge in [0.15, 0.2) is 0 Å². The molecule has 1 saturated carbocycles. The second kappa shape index (κ2) is 5.06. The molecule has 2 nitrogen and oxygen atoms in total. The molecule has 0 amide bonds. The normalized spacial score (nSPS) is 45.2. The Hall–Kier alpha value is -0.370. The van der Waals surface area contributed by atoms with Crippen LogP contribution in [0.1, 0.15) is 68.2 Å². The minimum atomic E-state index is 0.428. The van der Waals surface area contributed by atoms with Crippen molar-refractivity contribution in [1.82, 2.24) is 0 Å². The van der Waals surface area contributed by atoms with Crippen LogP contribution in [0.5, 0.6) is 0 Å². The smallest absolute Gasteiger partial charge is 0.117 e. The highest BCUT2D eigenvalue weighted by Gasteiger charge is 2.87. The van der Waals surface area contributed by atoms with Gasteiger partial charge in [-0.2, -0.15) is 0 Å². The molecule has 1 saturated heterocycles. The number of likely N-dealkylation sites (tertiary alicyclic amines) is 1. The molecule has 0 aromatic heterocycles. The van der Waals surface area contributed by atoms with E-state index in [9.17, 15) is 0 Å². The van der Waals surface area contributed by atoms with Gasteiger partial charge in [-0.1, -0.05) is 54.9 Å². The highest BCUT2D eigenvalue weighted by molar-refractivity contribution is 5.82. The van der Waals surface area contributed by atoms with Crippen LogP contribution in [0.3, 0.4) is 0 Å². The lowest BCUT2D eigenvalue weighted by atomic mass is 9.87. The lowest BCUT2D eigenvalue weighted by Crippen LogP contribution is -2.55. The zero-order valence-corrected chi connectivity index (χ0v) is 16.5. The van der Waals surface area contributed by atoms with Crippen LogP contribution in [-0.2, 0) is 0 Å². The first-order valence-corrected chi connectivity index (χ1v) is 9.28. The number of hydrogen-bond acceptors (Lipinski definition) is 1. The maximum absolute atomic E-state index is 8.56. The fourth-order valence-corrected chi connectivity index (χ4v) is 6.00. The lowest BCUT2D eigenvalue weighted by molar-refractivity contribution is -0.921. The molecular weight excluding hydrogens is 268 g/mol. The Balaban J connectivity index is 2.05. The quantitative estimate of drug-likeness (QED) is 0.528. The number of nitrogens with one attached hydrogen (secondary N) is 1. The van der Waals surface area contributed by atoms with E-state index in [1.165, 1.54) is 13.0 Å². The molecule has 2 heteroatoms. The van der Waals surface area contributed by atoms with Gasteiger partial charge in [0.25, 0.3) is 0 Å². The number of fused-ring (bicyclic) bond motifs is 1. The SMILES string of the molecule is CCC(C)C(C)CC(=N)C[N+]1(C)CC2(C)C(C)(C)C2(C)C1C. The van der Waals surface area contributed by atoms with E-state index in [1.54, 1.807) is 0 Å². The number of quaternary nitrogens is 1. The number of rotatable bonds is 6. The van der Waals surface area contributed by atoms with Crippen LogP contribution in [0.15, 0.2) is 0 Å². The molecule has 6 atom stereocenters. The van der Waals surface area contributed by atoms with Gasteiger partial charge in [-0.25, -0.2) is 0 Å². The summed E-state index contributed by atoms with van der Waals surface area (Å²) in [5.41, 5.74) is 2.28. The molecule has 0 radical (unpaired) electrons. The van der Waals surface area contributed by atoms with E-state index in [-0.39, 0.29) is 0 Å². The Bertz CT molecular complexity index is 468. The van der Waals surface area contributed by atoms with Crippen molar-refractivity contribution in [2.45, 2.75) is 74.3 Å². The van der Waals surface area contributed by atoms with Gasteiger partial charge in [-0.15, -0.1) is 0 Å². The monoisotopic (exact) mass is 307 g/mol. The van der Waals surface area contributed by atoms with Crippen molar-refractivity contribution in [2.24, 2.45) is 28.1 Å². The minimum Gasteiger partial charge on any atom is -0.318 e. The fourth-order valence-electron chi connectivity index (χ4n) is 6.00. The van der Waals surface area contributed by atoms with Gasteiger partial charge < -0.3 is 9.89 Å². The summed E-state index contributed by atoms with van der Waals surface area (Å²) in [6, 6.07) is 0.645. The first kappa shape index (κ1) is 18.0. The van der Waals surface area contributed by atoms with Crippen molar-refractivity contribution in [1.29, 1.82) is 5.41 Å². The molecule has 0 spiro atoms. The van der Waals surface area contributed by atoms with Crippen LogP contribution in [0, 0.1) is 33.5 Å². The lowest BCUT2D eigenvalue weighted by Gasteiger charge is -2.42. The van der Waals surface area contributed by atoms with Crippen LogP contribution in [0.4, 0.5) is 0 Å². The molecule has 0 aromatic carbocycles. The predicted molar refractivity (Wildman–Crippen MR) is 96.3 cm³/mol. The summed E-state index contributed by atoms with van der Waals surface area (Å²) < 4.78 is 1.07. The van der Waals surface area contributed by atoms with Crippen LogP contribution < -0.4 is 0 Å². The van der Waals surface area contributed by atoms with Crippen molar-refractivity contribution in [2.75, 3.05) is 20.1 Å². The summed E-state index contributed by atoms with van der Waals surface area (Å²) in [6.07, 6.45) is 2.20. The third-order valence-corrected chi connectivity index (χ3v) is 8.95. The molecule has 0 aromatic rings. The van der Waals surface area contributed by atoms with Gasteiger partial charge in [0.05, 0.1) is 25.3 Å². The Kier molecular flexibility index (Phi) is 4.14. The second-order valence-electron chi connectivity index (χ2n) is 9.80. The van der Waals surface area contributed by atoms with Gasteiger partial charge in [-0.3, -0.25) is 0 Å². The molecule has 2 aliphatic rings. The summed E-state index contributed by atoms with van der Waals surface area (Å²) >= 11 is 0. The van der Waals surface area contributed by atoms with Gasteiger partial charge in [0.1, 0.15) is 6.54 Å². The van der Waals surface area contributed by atoms with Gasteiger partial charge in [-0.05, 0) is 30.6 Å². The van der Waals surface area contributed by atoms with Crippen molar-refractivity contribution in [3.8, 4) is 0 Å². The average Bonchev–Trinajstić information content (AvgIpc) is 2.65. The third kappa shape index (κ3) is 2.05. The van der Waals surface area contributed by atoms with Gasteiger partial charge >= 0.3 is 0 Å². The standard InChI is InChI=1S/C20H39N2/c1-10-14(2)15(3)11-17(21)12-22(9)13-19(7)18(5,6)20(19,8)16(22)4/h14-16,21H,10-13H2,1-9H3/q+1. The Morgan fingerprint density at radius 1 is 1.18 bits per heavy atom. The molecule has 1 heterocycles. The van der Waals surface area contributed by atoms with Crippen LogP contribution in [0.2, 0.25) is 0 Å². The maximum Gasteiger partial charge on any atom is 0.117 e. The van der Waals surface area contributed by atoms with E-state index in [0.29, 0.717) is 28.2 Å². The first-order valence-electron chi connectivity index (χ1n) is 9.28. The van der Waals surface area contributed by atoms with E-state index in [0.717, 1.165) is 29.1 Å². The van der Waals surface area contributed by atoms with Crippen LogP contribution >= 0.6 is 0 Å². The van der Waals surface area contributed by atoms with Crippen LogP contribution in [0.25, 0.3) is 0 Å². The average molecular weight is 308 g/mol. The maximum atomic E-state index is 8.56. The second-order valence-corrected chi connectivity index (χ2v) is 9.80. The predicted octanol–water partition coefficient (Wildman–Crippen LogP) is 4.98. The fraction of sp³-hybridized carbons (Fsp3) is 0.950. The van der Waals surface area contributed by atoms with Gasteiger partial charge in [0, 0.05) is 10.8 Å². The summed E-state index contributed by atoms with van der Waals surface area (Å²) in [7, 11) is 2.39. The highest BCUT2D eigenvalue weighted by atomic mass is 15.4. The molecular formula is C20H39N2+. The largest absolute Gasteiger partial charge is 0.318 e. The van der Waals surface area contributed by atoms with E-state index in [4.69, 9.17) is 5.41 Å². The van der Waals surface area contributed by atoms with Crippen molar-refractivity contribution < 1.29 is 4.48 Å². The van der Waals surface area contributed by atoms with Crippen molar-refractivity contribution in [3.05, 3.63) is 0 Å². The topological polar surface area (TPSA) is 23.9 Å². The summed E-state index contributed by atoms with van der Waals surface area (Å²) in [6.45, 7) is 21.4. The first-order chi connectivity index (χ1) is 9.87. The summed E-state index contributed by atoms with van der Waals surface area (Å²) in [5.74, 6) is 1.36. The molecule has 6 unspecified atom stereocenters. The van der Waals surface area contributed by atoms with E-state index < -0.39 is 0 Å². The zero-order valence-electron chi connectivity index (χ0n) is 16.5. The molecule has 22 heavy (non-hydrogen) atoms. The Morgan fingerprint density at radius 2 is 1.73 bits per heavy atom. The summed E-state index contributed by atoms with van der Waals surface area (Å²) in [4.78, 5) is 0. The highest BCUT2D eigenvalue weighted by Crippen LogP contribution is 2.83. The summed E-state index contributed by atoms with van der Waals surface area (Å²) in [5, 5.41) is 8.56. The van der Waals surface area contributed by atoms with E-state index in [1.807, 2.05) is 0 Å². The van der Waals surface area contributed by atoms with Crippen molar-refractivity contribution in [3.63, 3.8) is 0 Å². The van der Waals surface area contributed by atoms with E-state index in [2.05, 4.69) is 62.4 Å². The minimum absolute atomic E-state index is 0.428.